The quantitative estimate of drug-likeness (QED) is 0.839. The van der Waals surface area contributed by atoms with E-state index in [0.717, 1.165) is 19.4 Å². The molecule has 0 fully saturated rings. The van der Waals surface area contributed by atoms with Gasteiger partial charge in [-0.3, -0.25) is 4.79 Å². The van der Waals surface area contributed by atoms with E-state index in [-0.39, 0.29) is 11.9 Å². The van der Waals surface area contributed by atoms with E-state index in [1.54, 1.807) is 0 Å². The van der Waals surface area contributed by atoms with Crippen LogP contribution in [0, 0.1) is 19.8 Å². The van der Waals surface area contributed by atoms with Gasteiger partial charge in [0, 0.05) is 26.1 Å². The molecule has 3 heteroatoms. The molecule has 1 rings (SSSR count). The Bertz CT molecular complexity index is 468. The first-order valence-corrected chi connectivity index (χ1v) is 7.87. The smallest absolute Gasteiger partial charge is 0.222 e. The molecule has 21 heavy (non-hydrogen) atoms. The van der Waals surface area contributed by atoms with E-state index < -0.39 is 0 Å². The maximum Gasteiger partial charge on any atom is 0.222 e. The summed E-state index contributed by atoms with van der Waals surface area (Å²) in [5, 5.41) is 0. The molecular weight excluding hydrogens is 260 g/mol. The van der Waals surface area contributed by atoms with Gasteiger partial charge in [0.25, 0.3) is 0 Å². The van der Waals surface area contributed by atoms with Gasteiger partial charge in [-0.2, -0.15) is 0 Å². The number of hydrogen-bond acceptors (Lipinski definition) is 2. The minimum absolute atomic E-state index is 0.166. The van der Waals surface area contributed by atoms with E-state index in [2.05, 4.69) is 45.9 Å². The van der Waals surface area contributed by atoms with Crippen LogP contribution in [0.25, 0.3) is 0 Å². The van der Waals surface area contributed by atoms with Gasteiger partial charge in [0.15, 0.2) is 0 Å². The van der Waals surface area contributed by atoms with Gasteiger partial charge in [-0.25, -0.2) is 0 Å². The van der Waals surface area contributed by atoms with Gasteiger partial charge in [0.05, 0.1) is 0 Å². The van der Waals surface area contributed by atoms with Crippen molar-refractivity contribution in [3.63, 3.8) is 0 Å². The highest BCUT2D eigenvalue weighted by Crippen LogP contribution is 2.13. The van der Waals surface area contributed by atoms with E-state index in [9.17, 15) is 4.79 Å². The number of hydrogen-bond donors (Lipinski definition) is 1. The zero-order valence-corrected chi connectivity index (χ0v) is 14.1. The van der Waals surface area contributed by atoms with Gasteiger partial charge < -0.3 is 10.6 Å². The summed E-state index contributed by atoms with van der Waals surface area (Å²) in [7, 11) is 1.87. The number of carbonyl (C=O) groups excluding carboxylic acids is 1. The van der Waals surface area contributed by atoms with Crippen molar-refractivity contribution in [3.05, 3.63) is 34.9 Å². The molecule has 1 atom stereocenters. The fourth-order valence-electron chi connectivity index (χ4n) is 2.36. The van der Waals surface area contributed by atoms with E-state index in [1.807, 2.05) is 11.9 Å². The molecule has 0 aliphatic heterocycles. The number of nitrogens with zero attached hydrogens (tertiary/aromatic N) is 1. The first-order valence-electron chi connectivity index (χ1n) is 7.87. The van der Waals surface area contributed by atoms with Gasteiger partial charge in [-0.05, 0) is 43.7 Å². The molecule has 0 radical (unpaired) electrons. The molecule has 0 aromatic heterocycles. The van der Waals surface area contributed by atoms with Crippen LogP contribution in [0.15, 0.2) is 18.2 Å². The lowest BCUT2D eigenvalue weighted by Gasteiger charge is -2.21. The summed E-state index contributed by atoms with van der Waals surface area (Å²) in [4.78, 5) is 14.0. The van der Waals surface area contributed by atoms with Crippen LogP contribution in [0.3, 0.4) is 0 Å². The number of benzene rings is 1. The van der Waals surface area contributed by atoms with Crippen LogP contribution in [0.5, 0.6) is 0 Å². The van der Waals surface area contributed by atoms with Gasteiger partial charge in [-0.1, -0.05) is 37.6 Å². The SMILES string of the molecule is Cc1ccc(CCC(=O)N(C)CCC(N)C(C)C)c(C)c1. The second kappa shape index (κ2) is 8.18. The first kappa shape index (κ1) is 17.7. The van der Waals surface area contributed by atoms with Crippen LogP contribution in [0.4, 0.5) is 0 Å². The third-order valence-corrected chi connectivity index (χ3v) is 4.19. The first-order chi connectivity index (χ1) is 9.81. The molecule has 1 aromatic carbocycles. The predicted octanol–water partition coefficient (Wildman–Crippen LogP) is 3.07. The highest BCUT2D eigenvalue weighted by Gasteiger charge is 2.13. The molecule has 0 saturated carbocycles. The summed E-state index contributed by atoms with van der Waals surface area (Å²) in [6.07, 6.45) is 2.24. The molecule has 0 spiro atoms. The molecule has 0 heterocycles. The van der Waals surface area contributed by atoms with Crippen molar-refractivity contribution in [2.75, 3.05) is 13.6 Å². The average Bonchev–Trinajstić information content (AvgIpc) is 2.42. The predicted molar refractivity (Wildman–Crippen MR) is 89.3 cm³/mol. The van der Waals surface area contributed by atoms with Gasteiger partial charge in [0.2, 0.25) is 5.91 Å². The maximum absolute atomic E-state index is 12.2. The Labute approximate surface area is 129 Å². The minimum Gasteiger partial charge on any atom is -0.346 e. The van der Waals surface area contributed by atoms with E-state index >= 15 is 0 Å². The van der Waals surface area contributed by atoms with Crippen molar-refractivity contribution in [1.29, 1.82) is 0 Å². The summed E-state index contributed by atoms with van der Waals surface area (Å²) in [5.41, 5.74) is 9.83. The number of nitrogens with two attached hydrogens (primary N) is 1. The Hall–Kier alpha value is -1.35. The van der Waals surface area contributed by atoms with E-state index in [0.29, 0.717) is 12.3 Å². The summed E-state index contributed by atoms with van der Waals surface area (Å²) >= 11 is 0. The van der Waals surface area contributed by atoms with Crippen molar-refractivity contribution in [2.45, 2.75) is 53.0 Å². The normalized spacial score (nSPS) is 12.5. The molecule has 1 aromatic rings. The number of carbonyl (C=O) groups is 1. The maximum atomic E-state index is 12.2. The van der Waals surface area contributed by atoms with Crippen LogP contribution in [0.2, 0.25) is 0 Å². The zero-order valence-electron chi connectivity index (χ0n) is 14.1. The van der Waals surface area contributed by atoms with E-state index in [4.69, 9.17) is 5.73 Å². The van der Waals surface area contributed by atoms with Crippen molar-refractivity contribution < 1.29 is 4.79 Å². The topological polar surface area (TPSA) is 46.3 Å². The average molecular weight is 290 g/mol. The summed E-state index contributed by atoms with van der Waals surface area (Å²) in [6.45, 7) is 9.18. The second-order valence-corrected chi connectivity index (χ2v) is 6.44. The Morgan fingerprint density at radius 3 is 2.52 bits per heavy atom. The summed E-state index contributed by atoms with van der Waals surface area (Å²) in [6, 6.07) is 6.58. The lowest BCUT2D eigenvalue weighted by molar-refractivity contribution is -0.129. The van der Waals surface area contributed by atoms with Crippen LogP contribution in [-0.4, -0.2) is 30.4 Å². The van der Waals surface area contributed by atoms with Gasteiger partial charge >= 0.3 is 0 Å². The van der Waals surface area contributed by atoms with Gasteiger partial charge in [0.1, 0.15) is 0 Å². The Balaban J connectivity index is 2.42. The lowest BCUT2D eigenvalue weighted by atomic mass is 10.0. The van der Waals surface area contributed by atoms with Crippen molar-refractivity contribution in [1.82, 2.24) is 4.90 Å². The Morgan fingerprint density at radius 1 is 1.29 bits per heavy atom. The van der Waals surface area contributed by atoms with Crippen LogP contribution < -0.4 is 5.73 Å². The molecule has 1 unspecified atom stereocenters. The Morgan fingerprint density at radius 2 is 1.95 bits per heavy atom. The highest BCUT2D eigenvalue weighted by atomic mass is 16.2. The third kappa shape index (κ3) is 5.88. The summed E-state index contributed by atoms with van der Waals surface area (Å²) < 4.78 is 0. The molecule has 0 bridgehead atoms. The van der Waals surface area contributed by atoms with Crippen LogP contribution >= 0.6 is 0 Å². The fourth-order valence-corrected chi connectivity index (χ4v) is 2.36. The third-order valence-electron chi connectivity index (χ3n) is 4.19. The van der Waals surface area contributed by atoms with Crippen molar-refractivity contribution >= 4 is 5.91 Å². The molecule has 3 nitrogen and oxygen atoms in total. The van der Waals surface area contributed by atoms with Crippen LogP contribution in [-0.2, 0) is 11.2 Å². The van der Waals surface area contributed by atoms with E-state index in [1.165, 1.54) is 16.7 Å². The molecule has 118 valence electrons. The number of aryl methyl sites for hydroxylation is 3. The molecular formula is C18H30N2O. The monoisotopic (exact) mass is 290 g/mol. The van der Waals surface area contributed by atoms with Crippen molar-refractivity contribution in [3.8, 4) is 0 Å². The molecule has 2 N–H and O–H groups in total. The fraction of sp³-hybridized carbons (Fsp3) is 0.611. The second-order valence-electron chi connectivity index (χ2n) is 6.44. The van der Waals surface area contributed by atoms with Crippen LogP contribution in [0.1, 0.15) is 43.4 Å². The summed E-state index contributed by atoms with van der Waals surface area (Å²) in [5.74, 6) is 0.662. The lowest BCUT2D eigenvalue weighted by Crippen LogP contribution is -2.34. The molecule has 0 saturated heterocycles. The molecule has 1 amide bonds. The Kier molecular flexibility index (Phi) is 6.90. The minimum atomic E-state index is 0.166. The molecule has 0 aliphatic rings. The standard InChI is InChI=1S/C18H30N2O/c1-13(2)17(19)10-11-20(5)18(21)9-8-16-7-6-14(3)12-15(16)4/h6-7,12-13,17H,8-11,19H2,1-5H3. The largest absolute Gasteiger partial charge is 0.346 e. The van der Waals surface area contributed by atoms with Crippen molar-refractivity contribution in [2.24, 2.45) is 11.7 Å². The molecule has 0 aliphatic carbocycles. The zero-order chi connectivity index (χ0) is 16.0. The number of rotatable bonds is 7. The highest BCUT2D eigenvalue weighted by molar-refractivity contribution is 5.76. The van der Waals surface area contributed by atoms with Gasteiger partial charge in [-0.15, -0.1) is 0 Å². The number of amides is 1.